The Bertz CT molecular complexity index is 2970. The topological polar surface area (TPSA) is 77.3 Å². The molecule has 0 amide bonds. The second kappa shape index (κ2) is 13.5. The molecule has 2 heterocycles. The molecule has 0 N–H and O–H groups in total. The minimum Gasteiger partial charge on any atom is -0.208 e. The van der Waals surface area contributed by atoms with Crippen molar-refractivity contribution in [3.63, 3.8) is 0 Å². The summed E-state index contributed by atoms with van der Waals surface area (Å²) in [6, 6.07) is 60.9. The fraction of sp³-hybridized carbons (Fsp3) is 0.132. The average molecular weight is 759 g/mol. The molecule has 0 spiro atoms. The van der Waals surface area contributed by atoms with Crippen molar-refractivity contribution in [2.75, 3.05) is 0 Å². The van der Waals surface area contributed by atoms with Gasteiger partial charge < -0.3 is 0 Å². The summed E-state index contributed by atoms with van der Waals surface area (Å²) in [7, 11) is 0. The van der Waals surface area contributed by atoms with Crippen LogP contribution in [0.25, 0.3) is 90.2 Å². The molecule has 2 unspecified atom stereocenters. The van der Waals surface area contributed by atoms with Gasteiger partial charge >= 0.3 is 0 Å². The van der Waals surface area contributed by atoms with E-state index < -0.39 is 0 Å². The quantitative estimate of drug-likeness (QED) is 0.154. The van der Waals surface area contributed by atoms with Gasteiger partial charge in [0.15, 0.2) is 34.9 Å². The van der Waals surface area contributed by atoms with E-state index in [4.69, 9.17) is 29.9 Å². The number of nitrogens with zero attached hydrogens (tertiary/aromatic N) is 6. The van der Waals surface area contributed by atoms with Crippen LogP contribution in [0, 0.1) is 17.8 Å². The van der Waals surface area contributed by atoms with Crippen LogP contribution in [0.4, 0.5) is 0 Å². The van der Waals surface area contributed by atoms with Crippen molar-refractivity contribution < 1.29 is 0 Å². The zero-order valence-electron chi connectivity index (χ0n) is 32.3. The SMILES string of the molecule is c1ccc(-c2nc(-c3ccc(-c4ccc(-c5nc(-c6ccccc6)nc(-c6ccccc6)n5)c5ccccc45)cc3)nc(-c3cccc(C45CC6CC(C4)C65)c3)n2)cc1. The Hall–Kier alpha value is -7.18. The molecular weight excluding hydrogens is 721 g/mol. The zero-order chi connectivity index (χ0) is 38.9. The summed E-state index contributed by atoms with van der Waals surface area (Å²) in [6.45, 7) is 0. The molecule has 59 heavy (non-hydrogen) atoms. The van der Waals surface area contributed by atoms with Crippen LogP contribution >= 0.6 is 0 Å². The number of benzene rings is 7. The number of fused-ring (bicyclic) bond motifs is 1. The lowest BCUT2D eigenvalue weighted by Crippen LogP contribution is -2.71. The predicted molar refractivity (Wildman–Crippen MR) is 235 cm³/mol. The molecule has 0 saturated heterocycles. The van der Waals surface area contributed by atoms with Crippen LogP contribution in [0.15, 0.2) is 176 Å². The van der Waals surface area contributed by atoms with Crippen LogP contribution in [0.2, 0.25) is 0 Å². The second-order valence-electron chi connectivity index (χ2n) is 16.4. The Morgan fingerprint density at radius 3 is 1.25 bits per heavy atom. The van der Waals surface area contributed by atoms with Gasteiger partial charge in [-0.1, -0.05) is 164 Å². The van der Waals surface area contributed by atoms with E-state index in [0.29, 0.717) is 40.4 Å². The normalized spacial score (nSPS) is 19.9. The van der Waals surface area contributed by atoms with E-state index in [0.717, 1.165) is 73.0 Å². The standard InChI is InChI=1S/C53H38N6/c1-4-13-34(14-5-1)47-54-50(57-51(56-47)38-19-12-20-41(30-38)53-31-39-29-40(32-53)46(39)53)37-25-23-33(24-26-37)42-27-28-45(44-22-11-10-21-43(42)44)52-58-48(35-15-6-2-7-16-35)55-49(59-52)36-17-8-3-9-18-36/h1-28,30,39-40,46H,29,31-32H2. The summed E-state index contributed by atoms with van der Waals surface area (Å²) in [4.78, 5) is 30.3. The third-order valence-corrected chi connectivity index (χ3v) is 13.2. The smallest absolute Gasteiger partial charge is 0.164 e. The number of rotatable bonds is 8. The minimum atomic E-state index is 0.376. The van der Waals surface area contributed by atoms with Crippen LogP contribution in [0.5, 0.6) is 0 Å². The Balaban J connectivity index is 0.921. The van der Waals surface area contributed by atoms with Gasteiger partial charge in [0, 0.05) is 33.4 Å². The highest BCUT2D eigenvalue weighted by Gasteiger charge is 2.71. The maximum Gasteiger partial charge on any atom is 0.164 e. The van der Waals surface area contributed by atoms with E-state index in [9.17, 15) is 0 Å². The molecule has 3 fully saturated rings. The average Bonchev–Trinajstić information content (AvgIpc) is 3.31. The molecule has 0 radical (unpaired) electrons. The number of aromatic nitrogens is 6. The van der Waals surface area contributed by atoms with Gasteiger partial charge in [0.2, 0.25) is 0 Å². The van der Waals surface area contributed by atoms with Crippen LogP contribution in [0.1, 0.15) is 24.8 Å². The zero-order valence-corrected chi connectivity index (χ0v) is 32.3. The molecule has 9 aromatic rings. The van der Waals surface area contributed by atoms with Crippen molar-refractivity contribution >= 4 is 10.8 Å². The summed E-state index contributed by atoms with van der Waals surface area (Å²) in [5.74, 6) is 6.75. The van der Waals surface area contributed by atoms with Crippen molar-refractivity contribution in [3.05, 3.63) is 181 Å². The molecule has 0 bridgehead atoms. The van der Waals surface area contributed by atoms with E-state index in [1.807, 2.05) is 78.9 Å². The third kappa shape index (κ3) is 5.62. The molecule has 280 valence electrons. The molecule has 6 heteroatoms. The summed E-state index contributed by atoms with van der Waals surface area (Å²) < 4.78 is 0. The molecule has 3 aliphatic carbocycles. The van der Waals surface area contributed by atoms with E-state index in [1.54, 1.807) is 0 Å². The van der Waals surface area contributed by atoms with E-state index >= 15 is 0 Å². The van der Waals surface area contributed by atoms with Gasteiger partial charge in [0.05, 0.1) is 0 Å². The van der Waals surface area contributed by atoms with E-state index in [-0.39, 0.29) is 0 Å². The Labute approximate surface area is 342 Å². The van der Waals surface area contributed by atoms with Crippen LogP contribution in [0.3, 0.4) is 0 Å². The van der Waals surface area contributed by atoms with Gasteiger partial charge in [-0.15, -0.1) is 0 Å². The molecule has 2 atom stereocenters. The third-order valence-electron chi connectivity index (χ3n) is 13.2. The lowest BCUT2D eigenvalue weighted by atomic mass is 9.28. The van der Waals surface area contributed by atoms with E-state index in [1.165, 1.54) is 24.8 Å². The fourth-order valence-electron chi connectivity index (χ4n) is 10.4. The Morgan fingerprint density at radius 2 is 0.746 bits per heavy atom. The summed E-state index contributed by atoms with van der Waals surface area (Å²) in [5.41, 5.74) is 9.86. The van der Waals surface area contributed by atoms with Gasteiger partial charge in [-0.3, -0.25) is 0 Å². The molecule has 7 aromatic carbocycles. The lowest BCUT2D eigenvalue weighted by Gasteiger charge is -2.76. The van der Waals surface area contributed by atoms with E-state index in [2.05, 4.69) is 97.1 Å². The molecule has 3 saturated carbocycles. The summed E-state index contributed by atoms with van der Waals surface area (Å²) >= 11 is 0. The largest absolute Gasteiger partial charge is 0.208 e. The van der Waals surface area contributed by atoms with Gasteiger partial charge in [-0.2, -0.15) is 0 Å². The first kappa shape index (κ1) is 33.9. The maximum atomic E-state index is 5.14. The molecule has 2 aromatic heterocycles. The highest BCUT2D eigenvalue weighted by molar-refractivity contribution is 6.04. The predicted octanol–water partition coefficient (Wildman–Crippen LogP) is 12.2. The first-order valence-electron chi connectivity index (χ1n) is 20.6. The molecular formula is C53H38N6. The highest BCUT2D eigenvalue weighted by Crippen LogP contribution is 2.77. The molecule has 12 rings (SSSR count). The molecule has 3 aliphatic rings. The molecule has 0 aliphatic heterocycles. The van der Waals surface area contributed by atoms with Crippen molar-refractivity contribution in [2.45, 2.75) is 24.7 Å². The first-order chi connectivity index (χ1) is 29.2. The van der Waals surface area contributed by atoms with Crippen LogP contribution in [-0.4, -0.2) is 29.9 Å². The lowest BCUT2D eigenvalue weighted by molar-refractivity contribution is -0.219. The Kier molecular flexibility index (Phi) is 7.73. The van der Waals surface area contributed by atoms with Crippen molar-refractivity contribution in [1.82, 2.24) is 29.9 Å². The van der Waals surface area contributed by atoms with Crippen LogP contribution < -0.4 is 0 Å². The minimum absolute atomic E-state index is 0.376. The monoisotopic (exact) mass is 758 g/mol. The summed E-state index contributed by atoms with van der Waals surface area (Å²) in [6.07, 6.45) is 4.11. The Morgan fingerprint density at radius 1 is 0.339 bits per heavy atom. The van der Waals surface area contributed by atoms with Crippen molar-refractivity contribution in [3.8, 4) is 79.5 Å². The number of hydrogen-bond acceptors (Lipinski definition) is 6. The second-order valence-corrected chi connectivity index (χ2v) is 16.4. The van der Waals surface area contributed by atoms with Gasteiger partial charge in [-0.05, 0) is 82.0 Å². The van der Waals surface area contributed by atoms with Crippen LogP contribution in [-0.2, 0) is 5.41 Å². The van der Waals surface area contributed by atoms with Crippen molar-refractivity contribution in [1.29, 1.82) is 0 Å². The van der Waals surface area contributed by atoms with Gasteiger partial charge in [-0.25, -0.2) is 29.9 Å². The summed E-state index contributed by atoms with van der Waals surface area (Å²) in [5, 5.41) is 2.19. The molecule has 6 nitrogen and oxygen atoms in total. The van der Waals surface area contributed by atoms with Gasteiger partial charge in [0.25, 0.3) is 0 Å². The highest BCUT2D eigenvalue weighted by atomic mass is 15.0. The van der Waals surface area contributed by atoms with Gasteiger partial charge in [0.1, 0.15) is 0 Å². The number of hydrogen-bond donors (Lipinski definition) is 0. The first-order valence-corrected chi connectivity index (χ1v) is 20.6. The maximum absolute atomic E-state index is 5.14. The van der Waals surface area contributed by atoms with Crippen molar-refractivity contribution in [2.24, 2.45) is 17.8 Å². The fourth-order valence-corrected chi connectivity index (χ4v) is 10.4.